The van der Waals surface area contributed by atoms with Crippen molar-refractivity contribution in [2.24, 2.45) is 0 Å². The van der Waals surface area contributed by atoms with Gasteiger partial charge in [0.2, 0.25) is 5.91 Å². The molecule has 7 nitrogen and oxygen atoms in total. The third-order valence-electron chi connectivity index (χ3n) is 3.16. The Morgan fingerprint density at radius 3 is 2.27 bits per heavy atom. The molecule has 2 aromatic rings. The Kier molecular flexibility index (Phi) is 6.40. The number of hydrogen-bond acceptors (Lipinski definition) is 5. The molecule has 0 unspecified atom stereocenters. The molecule has 0 aliphatic carbocycles. The van der Waals surface area contributed by atoms with Gasteiger partial charge in [-0.3, -0.25) is 9.59 Å². The largest absolute Gasteiger partial charge is 0.452 e. The maximum absolute atomic E-state index is 12.8. The Morgan fingerprint density at radius 2 is 1.65 bits per heavy atom. The highest BCUT2D eigenvalue weighted by atomic mass is 19.1. The second-order valence-electron chi connectivity index (χ2n) is 5.10. The van der Waals surface area contributed by atoms with Crippen molar-refractivity contribution < 1.29 is 23.5 Å². The van der Waals surface area contributed by atoms with E-state index >= 15 is 0 Å². The Labute approximate surface area is 148 Å². The molecule has 2 N–H and O–H groups in total. The van der Waals surface area contributed by atoms with E-state index in [4.69, 9.17) is 10.00 Å². The maximum atomic E-state index is 12.8. The van der Waals surface area contributed by atoms with E-state index in [1.165, 1.54) is 48.5 Å². The lowest BCUT2D eigenvalue weighted by Crippen LogP contribution is -2.35. The van der Waals surface area contributed by atoms with E-state index in [1.807, 2.05) is 6.07 Å². The number of carbonyl (C=O) groups excluding carboxylic acids is 3. The number of nitrogens with zero attached hydrogens (tertiary/aromatic N) is 1. The van der Waals surface area contributed by atoms with E-state index in [1.54, 1.807) is 0 Å². The number of hydrogen-bond donors (Lipinski definition) is 2. The number of halogens is 1. The zero-order chi connectivity index (χ0) is 18.9. The van der Waals surface area contributed by atoms with Crippen molar-refractivity contribution in [2.45, 2.75) is 0 Å². The third kappa shape index (κ3) is 5.72. The van der Waals surface area contributed by atoms with Gasteiger partial charge in [-0.25, -0.2) is 9.18 Å². The van der Waals surface area contributed by atoms with Crippen LogP contribution in [0.3, 0.4) is 0 Å². The molecule has 8 heteroatoms. The topological polar surface area (TPSA) is 108 Å². The number of amides is 2. The molecule has 132 valence electrons. The fourth-order valence-electron chi connectivity index (χ4n) is 1.86. The van der Waals surface area contributed by atoms with E-state index in [-0.39, 0.29) is 12.1 Å². The van der Waals surface area contributed by atoms with Gasteiger partial charge in [-0.2, -0.15) is 5.26 Å². The van der Waals surface area contributed by atoms with Crippen LogP contribution < -0.4 is 10.6 Å². The number of carbonyl (C=O) groups is 3. The predicted octanol–water partition coefficient (Wildman–Crippen LogP) is 1.61. The van der Waals surface area contributed by atoms with Crippen LogP contribution in [0.5, 0.6) is 0 Å². The molecule has 0 fully saturated rings. The van der Waals surface area contributed by atoms with Crippen LogP contribution in [0.4, 0.5) is 10.1 Å². The molecule has 2 aromatic carbocycles. The van der Waals surface area contributed by atoms with Crippen LogP contribution in [0.2, 0.25) is 0 Å². The minimum atomic E-state index is -0.722. The fraction of sp³-hybridized carbons (Fsp3) is 0.111. The molecule has 2 rings (SSSR count). The van der Waals surface area contributed by atoms with Crippen LogP contribution in [0, 0.1) is 17.1 Å². The Balaban J connectivity index is 1.72. The molecule has 0 aromatic heterocycles. The third-order valence-corrected chi connectivity index (χ3v) is 3.16. The normalized spacial score (nSPS) is 9.69. The standard InChI is InChI=1S/C18H14FN3O4/c19-14-5-7-15(8-6-14)22-16(23)10-21-17(24)11-26-18(25)13-3-1-12(9-20)2-4-13/h1-8H,10-11H2,(H,21,24)(H,22,23). The summed E-state index contributed by atoms with van der Waals surface area (Å²) in [4.78, 5) is 35.0. The second kappa shape index (κ2) is 8.94. The van der Waals surface area contributed by atoms with Crippen LogP contribution >= 0.6 is 0 Å². The summed E-state index contributed by atoms with van der Waals surface area (Å²) in [7, 11) is 0. The minimum absolute atomic E-state index is 0.200. The van der Waals surface area contributed by atoms with Crippen molar-refractivity contribution in [3.8, 4) is 6.07 Å². The first-order chi connectivity index (χ1) is 12.5. The molecular weight excluding hydrogens is 341 g/mol. The van der Waals surface area contributed by atoms with E-state index in [0.717, 1.165) is 0 Å². The van der Waals surface area contributed by atoms with E-state index in [2.05, 4.69) is 10.6 Å². The zero-order valence-corrected chi connectivity index (χ0v) is 13.5. The Bertz CT molecular complexity index is 842. The van der Waals surface area contributed by atoms with Crippen molar-refractivity contribution >= 4 is 23.5 Å². The van der Waals surface area contributed by atoms with Crippen molar-refractivity contribution in [1.82, 2.24) is 5.32 Å². The van der Waals surface area contributed by atoms with E-state index in [9.17, 15) is 18.8 Å². The molecule has 0 saturated heterocycles. The Hall–Kier alpha value is -3.73. The SMILES string of the molecule is N#Cc1ccc(C(=O)OCC(=O)NCC(=O)Nc2ccc(F)cc2)cc1. The highest BCUT2D eigenvalue weighted by Gasteiger charge is 2.11. The molecule has 26 heavy (non-hydrogen) atoms. The number of rotatable bonds is 6. The molecular formula is C18H14FN3O4. The minimum Gasteiger partial charge on any atom is -0.452 e. The fourth-order valence-corrected chi connectivity index (χ4v) is 1.86. The summed E-state index contributed by atoms with van der Waals surface area (Å²) in [5, 5.41) is 13.4. The van der Waals surface area contributed by atoms with Gasteiger partial charge in [-0.05, 0) is 48.5 Å². The summed E-state index contributed by atoms with van der Waals surface area (Å²) in [6.45, 7) is -0.882. The highest BCUT2D eigenvalue weighted by molar-refractivity contribution is 5.95. The average molecular weight is 355 g/mol. The van der Waals surface area contributed by atoms with Crippen molar-refractivity contribution in [3.63, 3.8) is 0 Å². The number of esters is 1. The number of benzene rings is 2. The average Bonchev–Trinajstić information content (AvgIpc) is 2.66. The van der Waals surface area contributed by atoms with Gasteiger partial charge >= 0.3 is 5.97 Å². The summed E-state index contributed by atoms with van der Waals surface area (Å²) in [6.07, 6.45) is 0. The molecule has 0 saturated carbocycles. The van der Waals surface area contributed by atoms with E-state index in [0.29, 0.717) is 11.3 Å². The Morgan fingerprint density at radius 1 is 1.00 bits per heavy atom. The highest BCUT2D eigenvalue weighted by Crippen LogP contribution is 2.07. The maximum Gasteiger partial charge on any atom is 0.338 e. The van der Waals surface area contributed by atoms with Gasteiger partial charge in [0, 0.05) is 5.69 Å². The quantitative estimate of drug-likeness (QED) is 0.765. The van der Waals surface area contributed by atoms with E-state index < -0.39 is 30.2 Å². The second-order valence-corrected chi connectivity index (χ2v) is 5.10. The summed E-state index contributed by atoms with van der Waals surface area (Å²) in [6, 6.07) is 12.8. The van der Waals surface area contributed by atoms with Gasteiger partial charge in [-0.15, -0.1) is 0 Å². The molecule has 0 spiro atoms. The lowest BCUT2D eigenvalue weighted by Gasteiger charge is -2.08. The summed E-state index contributed by atoms with van der Waals surface area (Å²) >= 11 is 0. The van der Waals surface area contributed by atoms with Crippen LogP contribution in [0.25, 0.3) is 0 Å². The molecule has 0 bridgehead atoms. The van der Waals surface area contributed by atoms with Gasteiger partial charge in [0.1, 0.15) is 5.82 Å². The van der Waals surface area contributed by atoms with Gasteiger partial charge in [0.25, 0.3) is 5.91 Å². The number of nitrogens with one attached hydrogen (secondary N) is 2. The summed E-state index contributed by atoms with van der Waals surface area (Å²) in [5.41, 5.74) is 0.982. The van der Waals surface area contributed by atoms with Gasteiger partial charge in [0.15, 0.2) is 6.61 Å². The number of anilines is 1. The summed E-state index contributed by atoms with van der Waals surface area (Å²) in [5.74, 6) is -2.31. The molecule has 0 radical (unpaired) electrons. The summed E-state index contributed by atoms with van der Waals surface area (Å²) < 4.78 is 17.6. The number of ether oxygens (including phenoxy) is 1. The molecule has 0 aliphatic heterocycles. The van der Waals surface area contributed by atoms with Gasteiger partial charge < -0.3 is 15.4 Å². The molecule has 2 amide bonds. The monoisotopic (exact) mass is 355 g/mol. The first kappa shape index (κ1) is 18.6. The lowest BCUT2D eigenvalue weighted by molar-refractivity contribution is -0.126. The smallest absolute Gasteiger partial charge is 0.338 e. The first-order valence-electron chi connectivity index (χ1n) is 7.47. The molecule has 0 atom stereocenters. The van der Waals surface area contributed by atoms with Crippen molar-refractivity contribution in [1.29, 1.82) is 5.26 Å². The zero-order valence-electron chi connectivity index (χ0n) is 13.5. The molecule has 0 heterocycles. The number of nitriles is 1. The van der Waals surface area contributed by atoms with Crippen LogP contribution in [0.15, 0.2) is 48.5 Å². The van der Waals surface area contributed by atoms with Crippen LogP contribution in [0.1, 0.15) is 15.9 Å². The van der Waals surface area contributed by atoms with Gasteiger partial charge in [0.05, 0.1) is 23.7 Å². The lowest BCUT2D eigenvalue weighted by atomic mass is 10.1. The van der Waals surface area contributed by atoms with Crippen molar-refractivity contribution in [2.75, 3.05) is 18.5 Å². The van der Waals surface area contributed by atoms with Gasteiger partial charge in [-0.1, -0.05) is 0 Å². The van der Waals surface area contributed by atoms with Crippen LogP contribution in [-0.2, 0) is 14.3 Å². The van der Waals surface area contributed by atoms with Crippen LogP contribution in [-0.4, -0.2) is 30.9 Å². The molecule has 0 aliphatic rings. The first-order valence-corrected chi connectivity index (χ1v) is 7.47. The van der Waals surface area contributed by atoms with Crippen molar-refractivity contribution in [3.05, 3.63) is 65.5 Å². The predicted molar refractivity (Wildman–Crippen MR) is 89.5 cm³/mol.